The van der Waals surface area contributed by atoms with Crippen molar-refractivity contribution in [1.29, 1.82) is 0 Å². The summed E-state index contributed by atoms with van der Waals surface area (Å²) >= 11 is 0. The quantitative estimate of drug-likeness (QED) is 0.427. The number of carbonyl (C=O) groups is 2. The smallest absolute Gasteiger partial charge is 0.242 e. The Hall–Kier alpha value is -2.87. The van der Waals surface area contributed by atoms with E-state index < -0.39 is 16.1 Å². The van der Waals surface area contributed by atoms with E-state index in [9.17, 15) is 18.0 Å². The fourth-order valence-electron chi connectivity index (χ4n) is 3.87. The lowest BCUT2D eigenvalue weighted by Gasteiger charge is -2.29. The number of anilines is 1. The van der Waals surface area contributed by atoms with Crippen molar-refractivity contribution in [1.82, 2.24) is 10.2 Å². The molecular formula is C27H39N3O4S. The molecule has 0 saturated carbocycles. The number of sulfonamides is 1. The number of nitrogens with one attached hydrogen (secondary N) is 1. The molecule has 2 rings (SSSR count). The largest absolute Gasteiger partial charge is 0.354 e. The zero-order valence-corrected chi connectivity index (χ0v) is 22.2. The van der Waals surface area contributed by atoms with E-state index in [0.29, 0.717) is 31.6 Å². The molecule has 2 aromatic rings. The summed E-state index contributed by atoms with van der Waals surface area (Å²) in [7, 11) is -3.50. The van der Waals surface area contributed by atoms with Crippen molar-refractivity contribution < 1.29 is 18.0 Å². The predicted molar refractivity (Wildman–Crippen MR) is 142 cm³/mol. The number of nitrogens with zero attached hydrogens (tertiary/aromatic N) is 2. The number of amides is 2. The molecule has 1 atom stereocenters. The second-order valence-electron chi connectivity index (χ2n) is 8.75. The van der Waals surface area contributed by atoms with E-state index in [1.807, 2.05) is 56.3 Å². The van der Waals surface area contributed by atoms with Crippen molar-refractivity contribution in [3.63, 3.8) is 0 Å². The van der Waals surface area contributed by atoms with Gasteiger partial charge in [-0.25, -0.2) is 8.42 Å². The van der Waals surface area contributed by atoms with E-state index in [4.69, 9.17) is 0 Å². The van der Waals surface area contributed by atoms with Crippen molar-refractivity contribution in [3.8, 4) is 0 Å². The zero-order chi connectivity index (χ0) is 25.8. The minimum absolute atomic E-state index is 0.152. The van der Waals surface area contributed by atoms with Crippen LogP contribution in [0, 0.1) is 0 Å². The molecule has 0 aliphatic rings. The Balaban J connectivity index is 2.08. The normalized spacial score (nSPS) is 12.1. The molecule has 7 nitrogen and oxygen atoms in total. The Morgan fingerprint density at radius 2 is 1.60 bits per heavy atom. The molecule has 8 heteroatoms. The van der Waals surface area contributed by atoms with Gasteiger partial charge >= 0.3 is 0 Å². The minimum Gasteiger partial charge on any atom is -0.354 e. The van der Waals surface area contributed by atoms with Crippen molar-refractivity contribution in [2.75, 3.05) is 30.2 Å². The first kappa shape index (κ1) is 28.4. The molecule has 0 bridgehead atoms. The van der Waals surface area contributed by atoms with Crippen molar-refractivity contribution in [2.24, 2.45) is 0 Å². The van der Waals surface area contributed by atoms with Crippen LogP contribution in [-0.2, 0) is 32.5 Å². The standard InChI is InChI=1S/C27H39N3O4S/c1-5-19-28-27(32)22(3)29(21-18-24-11-8-7-9-12-24)26(31)13-10-20-30(35(4,33)34)25-16-14-23(6-2)15-17-25/h7-9,11-12,14-17,22H,5-6,10,13,18-21H2,1-4H3,(H,28,32)/t22-/m0/s1. The Morgan fingerprint density at radius 1 is 0.943 bits per heavy atom. The van der Waals surface area contributed by atoms with Gasteiger partial charge in [0.15, 0.2) is 0 Å². The van der Waals surface area contributed by atoms with Gasteiger partial charge in [-0.2, -0.15) is 0 Å². The highest BCUT2D eigenvalue weighted by Crippen LogP contribution is 2.20. The Morgan fingerprint density at radius 3 is 2.17 bits per heavy atom. The van der Waals surface area contributed by atoms with E-state index in [-0.39, 0.29) is 24.8 Å². The zero-order valence-electron chi connectivity index (χ0n) is 21.4. The molecule has 0 saturated heterocycles. The summed E-state index contributed by atoms with van der Waals surface area (Å²) in [4.78, 5) is 27.4. The summed E-state index contributed by atoms with van der Waals surface area (Å²) in [5, 5.41) is 2.87. The maximum Gasteiger partial charge on any atom is 0.242 e. The van der Waals surface area contributed by atoms with Gasteiger partial charge in [-0.1, -0.05) is 56.3 Å². The van der Waals surface area contributed by atoms with Crippen molar-refractivity contribution >= 4 is 27.5 Å². The average molecular weight is 502 g/mol. The second kappa shape index (κ2) is 13.9. The first-order chi connectivity index (χ1) is 16.7. The van der Waals surface area contributed by atoms with Crippen molar-refractivity contribution in [2.45, 2.75) is 58.9 Å². The van der Waals surface area contributed by atoms with Crippen LogP contribution >= 0.6 is 0 Å². The molecule has 192 valence electrons. The van der Waals surface area contributed by atoms with Gasteiger partial charge < -0.3 is 10.2 Å². The van der Waals surface area contributed by atoms with Crippen LogP contribution < -0.4 is 9.62 Å². The third-order valence-electron chi connectivity index (χ3n) is 5.99. The number of hydrogen-bond donors (Lipinski definition) is 1. The van der Waals surface area contributed by atoms with Gasteiger partial charge in [0.25, 0.3) is 0 Å². The van der Waals surface area contributed by atoms with Crippen LogP contribution in [0.1, 0.15) is 51.2 Å². The molecule has 2 aromatic carbocycles. The van der Waals surface area contributed by atoms with Crippen LogP contribution in [0.3, 0.4) is 0 Å². The number of carbonyl (C=O) groups excluding carboxylic acids is 2. The molecule has 0 aliphatic heterocycles. The van der Waals surface area contributed by atoms with E-state index in [0.717, 1.165) is 24.0 Å². The van der Waals surface area contributed by atoms with Crippen LogP contribution in [0.25, 0.3) is 0 Å². The molecule has 0 aliphatic carbocycles. The molecular weight excluding hydrogens is 462 g/mol. The first-order valence-corrected chi connectivity index (χ1v) is 14.2. The lowest BCUT2D eigenvalue weighted by atomic mass is 10.1. The lowest BCUT2D eigenvalue weighted by Crippen LogP contribution is -2.49. The Labute approximate surface area is 210 Å². The van der Waals surface area contributed by atoms with Crippen molar-refractivity contribution in [3.05, 3.63) is 65.7 Å². The Bertz CT molecular complexity index is 1040. The minimum atomic E-state index is -3.50. The van der Waals surface area contributed by atoms with Gasteiger partial charge in [-0.3, -0.25) is 13.9 Å². The summed E-state index contributed by atoms with van der Waals surface area (Å²) in [6, 6.07) is 16.7. The van der Waals surface area contributed by atoms with Gasteiger partial charge in [0.05, 0.1) is 11.9 Å². The molecule has 0 fully saturated rings. The molecule has 0 unspecified atom stereocenters. The molecule has 0 radical (unpaired) electrons. The van der Waals surface area contributed by atoms with Crippen LogP contribution in [0.2, 0.25) is 0 Å². The average Bonchev–Trinajstić information content (AvgIpc) is 2.85. The predicted octanol–water partition coefficient (Wildman–Crippen LogP) is 3.78. The third kappa shape index (κ3) is 9.02. The summed E-state index contributed by atoms with van der Waals surface area (Å²) in [5.41, 5.74) is 2.80. The van der Waals surface area contributed by atoms with Crippen LogP contribution in [0.5, 0.6) is 0 Å². The number of hydrogen-bond acceptors (Lipinski definition) is 4. The van der Waals surface area contributed by atoms with Crippen LogP contribution in [-0.4, -0.2) is 57.1 Å². The molecule has 0 aromatic heterocycles. The summed E-state index contributed by atoms with van der Waals surface area (Å²) in [5.74, 6) is -0.336. The monoisotopic (exact) mass is 501 g/mol. The molecule has 35 heavy (non-hydrogen) atoms. The fourth-order valence-corrected chi connectivity index (χ4v) is 4.83. The van der Waals surface area contributed by atoms with Crippen LogP contribution in [0.4, 0.5) is 5.69 Å². The van der Waals surface area contributed by atoms with Crippen LogP contribution in [0.15, 0.2) is 54.6 Å². The second-order valence-corrected chi connectivity index (χ2v) is 10.7. The summed E-state index contributed by atoms with van der Waals surface area (Å²) < 4.78 is 26.2. The summed E-state index contributed by atoms with van der Waals surface area (Å²) in [6.07, 6.45) is 4.01. The maximum absolute atomic E-state index is 13.2. The van der Waals surface area contributed by atoms with Gasteiger partial charge in [0.1, 0.15) is 6.04 Å². The number of benzene rings is 2. The molecule has 0 heterocycles. The van der Waals surface area contributed by atoms with E-state index in [1.165, 1.54) is 10.6 Å². The van der Waals surface area contributed by atoms with Gasteiger partial charge in [0.2, 0.25) is 21.8 Å². The molecule has 2 amide bonds. The highest BCUT2D eigenvalue weighted by molar-refractivity contribution is 7.92. The number of aryl methyl sites for hydroxylation is 1. The van der Waals surface area contributed by atoms with E-state index >= 15 is 0 Å². The SMILES string of the molecule is CCCNC(=O)[C@H](C)N(CCc1ccccc1)C(=O)CCCN(c1ccc(CC)cc1)S(C)(=O)=O. The lowest BCUT2D eigenvalue weighted by molar-refractivity contribution is -0.139. The fraction of sp³-hybridized carbons (Fsp3) is 0.481. The Kier molecular flexibility index (Phi) is 11.2. The highest BCUT2D eigenvalue weighted by atomic mass is 32.2. The maximum atomic E-state index is 13.2. The van der Waals surface area contributed by atoms with Gasteiger partial charge in [-0.15, -0.1) is 0 Å². The summed E-state index contributed by atoms with van der Waals surface area (Å²) in [6.45, 7) is 6.93. The first-order valence-electron chi connectivity index (χ1n) is 12.3. The molecule has 1 N–H and O–H groups in total. The van der Waals surface area contributed by atoms with Gasteiger partial charge in [0, 0.05) is 26.1 Å². The van der Waals surface area contributed by atoms with E-state index in [1.54, 1.807) is 24.0 Å². The molecule has 0 spiro atoms. The van der Waals surface area contributed by atoms with E-state index in [2.05, 4.69) is 5.32 Å². The topological polar surface area (TPSA) is 86.8 Å². The van der Waals surface area contributed by atoms with Gasteiger partial charge in [-0.05, 0) is 55.9 Å². The third-order valence-corrected chi connectivity index (χ3v) is 7.18. The number of rotatable bonds is 14. The highest BCUT2D eigenvalue weighted by Gasteiger charge is 2.26.